The van der Waals surface area contributed by atoms with Crippen LogP contribution in [0.15, 0.2) is 42.6 Å². The fraction of sp³-hybridized carbons (Fsp3) is 0.263. The molecule has 1 atom stereocenters. The Hall–Kier alpha value is -2.69. The van der Waals surface area contributed by atoms with Gasteiger partial charge in [0, 0.05) is 12.6 Å². The number of hydrogen-bond donors (Lipinski definition) is 0. The highest BCUT2D eigenvalue weighted by Crippen LogP contribution is 2.38. The molecular weight excluding hydrogens is 309 g/mol. The lowest BCUT2D eigenvalue weighted by Gasteiger charge is -2.23. The van der Waals surface area contributed by atoms with E-state index < -0.39 is 5.95 Å². The number of aromatic nitrogens is 1. The number of halogens is 1. The number of ether oxygens (including phenoxy) is 2. The summed E-state index contributed by atoms with van der Waals surface area (Å²) < 4.78 is 23.6. The molecule has 1 aromatic heterocycles. The lowest BCUT2D eigenvalue weighted by atomic mass is 9.81. The molecule has 1 aliphatic rings. The van der Waals surface area contributed by atoms with Crippen LogP contribution in [0.1, 0.15) is 29.9 Å². The minimum absolute atomic E-state index is 0.0439. The summed E-state index contributed by atoms with van der Waals surface area (Å²) >= 11 is 0. The van der Waals surface area contributed by atoms with E-state index in [0.717, 1.165) is 16.7 Å². The predicted molar refractivity (Wildman–Crippen MR) is 88.7 cm³/mol. The summed E-state index contributed by atoms with van der Waals surface area (Å²) in [6.45, 7) is 0. The van der Waals surface area contributed by atoms with E-state index in [9.17, 15) is 9.18 Å². The number of pyridine rings is 1. The number of carbonyl (C=O) groups is 1. The molecule has 0 saturated heterocycles. The molecule has 124 valence electrons. The SMILES string of the molecule is COc1ccc([C@H]2CC(=O)C=C(c3ccc(F)nc3)C2)cc1OC. The largest absolute Gasteiger partial charge is 0.493 e. The van der Waals surface area contributed by atoms with Gasteiger partial charge in [-0.3, -0.25) is 4.79 Å². The molecule has 0 aliphatic heterocycles. The normalized spacial score (nSPS) is 17.4. The molecule has 3 rings (SSSR count). The van der Waals surface area contributed by atoms with Gasteiger partial charge in [0.15, 0.2) is 17.3 Å². The van der Waals surface area contributed by atoms with Gasteiger partial charge in [-0.2, -0.15) is 4.39 Å². The number of carbonyl (C=O) groups excluding carboxylic acids is 1. The summed E-state index contributed by atoms with van der Waals surface area (Å²) in [6, 6.07) is 8.66. The maximum Gasteiger partial charge on any atom is 0.212 e. The standard InChI is InChI=1S/C19H18FNO3/c1-23-17-5-3-12(10-18(17)24-2)14-7-15(9-16(22)8-14)13-4-6-19(20)21-11-13/h3-6,9-11,14H,7-8H2,1-2H3/t14-/m1/s1. The van der Waals surface area contributed by atoms with Gasteiger partial charge in [0.2, 0.25) is 5.95 Å². The van der Waals surface area contributed by atoms with Crippen LogP contribution in [-0.2, 0) is 4.79 Å². The van der Waals surface area contributed by atoms with Crippen molar-refractivity contribution in [3.63, 3.8) is 0 Å². The van der Waals surface area contributed by atoms with E-state index in [0.29, 0.717) is 24.3 Å². The number of hydrogen-bond acceptors (Lipinski definition) is 4. The molecule has 0 N–H and O–H groups in total. The Labute approximate surface area is 139 Å². The van der Waals surface area contributed by atoms with Crippen LogP contribution in [0.4, 0.5) is 4.39 Å². The average molecular weight is 327 g/mol. The van der Waals surface area contributed by atoms with Crippen LogP contribution in [0.5, 0.6) is 11.5 Å². The van der Waals surface area contributed by atoms with Crippen LogP contribution in [0.2, 0.25) is 0 Å². The van der Waals surface area contributed by atoms with Gasteiger partial charge in [-0.15, -0.1) is 0 Å². The van der Waals surface area contributed by atoms with E-state index in [1.165, 1.54) is 12.3 Å². The van der Waals surface area contributed by atoms with Crippen molar-refractivity contribution < 1.29 is 18.7 Å². The van der Waals surface area contributed by atoms with Crippen molar-refractivity contribution in [2.75, 3.05) is 14.2 Å². The molecule has 0 unspecified atom stereocenters. The third-order valence-corrected chi connectivity index (χ3v) is 4.23. The molecule has 0 radical (unpaired) electrons. The molecule has 5 heteroatoms. The molecule has 1 aromatic carbocycles. The first-order valence-corrected chi connectivity index (χ1v) is 7.68. The average Bonchev–Trinajstić information content (AvgIpc) is 2.61. The van der Waals surface area contributed by atoms with E-state index in [4.69, 9.17) is 9.47 Å². The number of methoxy groups -OCH3 is 2. The summed E-state index contributed by atoms with van der Waals surface area (Å²) in [6.07, 6.45) is 4.22. The van der Waals surface area contributed by atoms with E-state index in [1.807, 2.05) is 18.2 Å². The van der Waals surface area contributed by atoms with Gasteiger partial charge in [0.05, 0.1) is 14.2 Å². The van der Waals surface area contributed by atoms with Crippen molar-refractivity contribution >= 4 is 11.4 Å². The molecule has 0 bridgehead atoms. The number of ketones is 1. The second-order valence-corrected chi connectivity index (χ2v) is 5.73. The quantitative estimate of drug-likeness (QED) is 0.802. The van der Waals surface area contributed by atoms with E-state index in [2.05, 4.69) is 4.98 Å². The summed E-state index contributed by atoms with van der Waals surface area (Å²) in [5.74, 6) is 0.865. The van der Waals surface area contributed by atoms with Crippen molar-refractivity contribution in [3.05, 3.63) is 59.7 Å². The lowest BCUT2D eigenvalue weighted by Crippen LogP contribution is -2.12. The Balaban J connectivity index is 1.89. The van der Waals surface area contributed by atoms with Gasteiger partial charge < -0.3 is 9.47 Å². The van der Waals surface area contributed by atoms with Crippen molar-refractivity contribution in [2.24, 2.45) is 0 Å². The Morgan fingerprint density at radius 2 is 1.88 bits per heavy atom. The minimum Gasteiger partial charge on any atom is -0.493 e. The van der Waals surface area contributed by atoms with E-state index in [-0.39, 0.29) is 11.7 Å². The molecule has 4 nitrogen and oxygen atoms in total. The first-order chi connectivity index (χ1) is 11.6. The molecule has 2 aromatic rings. The van der Waals surface area contributed by atoms with Crippen molar-refractivity contribution in [1.82, 2.24) is 4.98 Å². The zero-order valence-corrected chi connectivity index (χ0v) is 13.6. The van der Waals surface area contributed by atoms with Crippen LogP contribution in [0.25, 0.3) is 5.57 Å². The highest BCUT2D eigenvalue weighted by atomic mass is 19.1. The fourth-order valence-corrected chi connectivity index (χ4v) is 3.00. The highest BCUT2D eigenvalue weighted by molar-refractivity contribution is 5.99. The maximum atomic E-state index is 13.0. The topological polar surface area (TPSA) is 48.4 Å². The number of rotatable bonds is 4. The minimum atomic E-state index is -0.530. The summed E-state index contributed by atoms with van der Waals surface area (Å²) in [7, 11) is 3.17. The molecule has 0 saturated carbocycles. The number of allylic oxidation sites excluding steroid dienone is 2. The van der Waals surface area contributed by atoms with E-state index in [1.54, 1.807) is 26.4 Å². The smallest absolute Gasteiger partial charge is 0.212 e. The second kappa shape index (κ2) is 6.83. The van der Waals surface area contributed by atoms with Gasteiger partial charge >= 0.3 is 0 Å². The first kappa shape index (κ1) is 16.2. The van der Waals surface area contributed by atoms with Crippen molar-refractivity contribution in [3.8, 4) is 11.5 Å². The number of benzene rings is 1. The highest BCUT2D eigenvalue weighted by Gasteiger charge is 2.24. The van der Waals surface area contributed by atoms with Gasteiger partial charge in [-0.25, -0.2) is 4.98 Å². The monoisotopic (exact) mass is 327 g/mol. The maximum absolute atomic E-state index is 13.0. The fourth-order valence-electron chi connectivity index (χ4n) is 3.00. The summed E-state index contributed by atoms with van der Waals surface area (Å²) in [4.78, 5) is 15.8. The number of nitrogens with zero attached hydrogens (tertiary/aromatic N) is 1. The summed E-state index contributed by atoms with van der Waals surface area (Å²) in [5.41, 5.74) is 2.66. The summed E-state index contributed by atoms with van der Waals surface area (Å²) in [5, 5.41) is 0. The molecule has 1 aliphatic carbocycles. The Morgan fingerprint density at radius 1 is 1.08 bits per heavy atom. The van der Waals surface area contributed by atoms with Gasteiger partial charge in [-0.1, -0.05) is 6.07 Å². The van der Waals surface area contributed by atoms with Crippen LogP contribution < -0.4 is 9.47 Å². The second-order valence-electron chi connectivity index (χ2n) is 5.73. The van der Waals surface area contributed by atoms with Crippen LogP contribution in [0.3, 0.4) is 0 Å². The van der Waals surface area contributed by atoms with E-state index >= 15 is 0 Å². The van der Waals surface area contributed by atoms with Gasteiger partial charge in [0.25, 0.3) is 0 Å². The zero-order chi connectivity index (χ0) is 17.1. The molecular formula is C19H18FNO3. The Kier molecular flexibility index (Phi) is 4.60. The van der Waals surface area contributed by atoms with Crippen molar-refractivity contribution in [2.45, 2.75) is 18.8 Å². The van der Waals surface area contributed by atoms with Gasteiger partial charge in [0.1, 0.15) is 0 Å². The first-order valence-electron chi connectivity index (χ1n) is 7.68. The molecule has 1 heterocycles. The molecule has 0 amide bonds. The Bertz CT molecular complexity index is 784. The predicted octanol–water partition coefficient (Wildman–Crippen LogP) is 3.77. The van der Waals surface area contributed by atoms with Crippen molar-refractivity contribution in [1.29, 1.82) is 0 Å². The molecule has 0 fully saturated rings. The van der Waals surface area contributed by atoms with Crippen LogP contribution in [-0.4, -0.2) is 25.0 Å². The van der Waals surface area contributed by atoms with Crippen LogP contribution in [0, 0.1) is 5.95 Å². The van der Waals surface area contributed by atoms with Gasteiger partial charge in [-0.05, 0) is 59.4 Å². The van der Waals surface area contributed by atoms with Crippen LogP contribution >= 0.6 is 0 Å². The molecule has 24 heavy (non-hydrogen) atoms. The zero-order valence-electron chi connectivity index (χ0n) is 13.6. The molecule has 0 spiro atoms. The Morgan fingerprint density at radius 3 is 2.54 bits per heavy atom. The lowest BCUT2D eigenvalue weighted by molar-refractivity contribution is -0.115. The third kappa shape index (κ3) is 3.30. The third-order valence-electron chi connectivity index (χ3n) is 4.23.